The number of imidazole rings is 1. The molecule has 1 heterocycles. The fraction of sp³-hybridized carbons (Fsp3) is 0.125. The largest absolute Gasteiger partial charge is 0.363 e. The molecule has 0 aliphatic rings. The SMILES string of the molecule is CCNC(=S)Nc1nc2ccc(-c3ccccc3)cc2[nH]1. The number of nitrogens with one attached hydrogen (secondary N) is 3. The number of benzene rings is 2. The highest BCUT2D eigenvalue weighted by molar-refractivity contribution is 7.80. The van der Waals surface area contributed by atoms with E-state index in [1.807, 2.05) is 31.2 Å². The summed E-state index contributed by atoms with van der Waals surface area (Å²) in [6.45, 7) is 2.78. The van der Waals surface area contributed by atoms with Crippen molar-refractivity contribution < 1.29 is 0 Å². The highest BCUT2D eigenvalue weighted by Gasteiger charge is 2.05. The monoisotopic (exact) mass is 296 g/mol. The number of aromatic nitrogens is 2. The molecule has 106 valence electrons. The normalized spacial score (nSPS) is 10.5. The Hall–Kier alpha value is -2.40. The fourth-order valence-corrected chi connectivity index (χ4v) is 2.43. The van der Waals surface area contributed by atoms with Crippen LogP contribution in [0.1, 0.15) is 6.92 Å². The zero-order valence-electron chi connectivity index (χ0n) is 11.7. The minimum Gasteiger partial charge on any atom is -0.363 e. The van der Waals surface area contributed by atoms with Crippen LogP contribution in [0.5, 0.6) is 0 Å². The Morgan fingerprint density at radius 1 is 1.14 bits per heavy atom. The van der Waals surface area contributed by atoms with Gasteiger partial charge in [0.1, 0.15) is 0 Å². The topological polar surface area (TPSA) is 52.7 Å². The van der Waals surface area contributed by atoms with E-state index in [1.54, 1.807) is 0 Å². The molecule has 21 heavy (non-hydrogen) atoms. The molecule has 0 spiro atoms. The standard InChI is InChI=1S/C16H16N4S/c1-2-17-16(21)20-15-18-13-9-8-12(10-14(13)19-15)11-6-4-3-5-7-11/h3-10H,2H2,1H3,(H3,17,18,19,20,21). The van der Waals surface area contributed by atoms with E-state index < -0.39 is 0 Å². The Balaban J connectivity index is 1.90. The molecule has 2 aromatic carbocycles. The van der Waals surface area contributed by atoms with Crippen LogP contribution in [0.2, 0.25) is 0 Å². The molecular formula is C16H16N4S. The van der Waals surface area contributed by atoms with Gasteiger partial charge in [0.05, 0.1) is 11.0 Å². The maximum Gasteiger partial charge on any atom is 0.207 e. The van der Waals surface area contributed by atoms with Gasteiger partial charge in [0.25, 0.3) is 0 Å². The first-order chi connectivity index (χ1) is 10.3. The van der Waals surface area contributed by atoms with Gasteiger partial charge in [0.2, 0.25) is 5.95 Å². The first-order valence-electron chi connectivity index (χ1n) is 6.86. The van der Waals surface area contributed by atoms with E-state index in [0.717, 1.165) is 23.1 Å². The van der Waals surface area contributed by atoms with Crippen LogP contribution in [0.3, 0.4) is 0 Å². The lowest BCUT2D eigenvalue weighted by molar-refractivity contribution is 0.977. The molecule has 0 aliphatic heterocycles. The Kier molecular flexibility index (Phi) is 3.83. The van der Waals surface area contributed by atoms with Gasteiger partial charge in [-0.25, -0.2) is 4.98 Å². The zero-order chi connectivity index (χ0) is 14.7. The molecule has 1 aromatic heterocycles. The molecular weight excluding hydrogens is 280 g/mol. The van der Waals surface area contributed by atoms with Crippen LogP contribution in [-0.2, 0) is 0 Å². The number of fused-ring (bicyclic) bond motifs is 1. The summed E-state index contributed by atoms with van der Waals surface area (Å²) < 4.78 is 0. The van der Waals surface area contributed by atoms with Gasteiger partial charge < -0.3 is 15.6 Å². The molecule has 0 saturated heterocycles. The number of thiocarbonyl (C=S) groups is 1. The van der Waals surface area contributed by atoms with Gasteiger partial charge >= 0.3 is 0 Å². The fourth-order valence-electron chi connectivity index (χ4n) is 2.19. The molecule has 3 N–H and O–H groups in total. The summed E-state index contributed by atoms with van der Waals surface area (Å²) in [7, 11) is 0. The average molecular weight is 296 g/mol. The lowest BCUT2D eigenvalue weighted by atomic mass is 10.1. The number of H-pyrrole nitrogens is 1. The van der Waals surface area contributed by atoms with Crippen molar-refractivity contribution >= 4 is 34.3 Å². The lowest BCUT2D eigenvalue weighted by Crippen LogP contribution is -2.28. The summed E-state index contributed by atoms with van der Waals surface area (Å²) in [4.78, 5) is 7.72. The second-order valence-electron chi connectivity index (χ2n) is 4.67. The van der Waals surface area contributed by atoms with Crippen LogP contribution < -0.4 is 10.6 Å². The summed E-state index contributed by atoms with van der Waals surface area (Å²) in [5.74, 6) is 0.654. The summed E-state index contributed by atoms with van der Waals surface area (Å²) in [5.41, 5.74) is 4.24. The van der Waals surface area contributed by atoms with Crippen LogP contribution in [0.25, 0.3) is 22.2 Å². The summed E-state index contributed by atoms with van der Waals surface area (Å²) >= 11 is 5.16. The second kappa shape index (κ2) is 5.93. The number of hydrogen-bond donors (Lipinski definition) is 3. The van der Waals surface area contributed by atoms with Gasteiger partial charge in [-0.2, -0.15) is 0 Å². The second-order valence-corrected chi connectivity index (χ2v) is 5.08. The van der Waals surface area contributed by atoms with Crippen molar-refractivity contribution in [2.45, 2.75) is 6.92 Å². The number of aromatic amines is 1. The van der Waals surface area contributed by atoms with Gasteiger partial charge in [-0.1, -0.05) is 36.4 Å². The molecule has 0 unspecified atom stereocenters. The lowest BCUT2D eigenvalue weighted by Gasteiger charge is -2.04. The predicted molar refractivity (Wildman–Crippen MR) is 91.4 cm³/mol. The molecule has 4 nitrogen and oxygen atoms in total. The number of nitrogens with zero attached hydrogens (tertiary/aromatic N) is 1. The molecule has 0 fully saturated rings. The van der Waals surface area contributed by atoms with Crippen molar-refractivity contribution in [1.82, 2.24) is 15.3 Å². The van der Waals surface area contributed by atoms with E-state index in [0.29, 0.717) is 11.1 Å². The van der Waals surface area contributed by atoms with Crippen LogP contribution in [0.15, 0.2) is 48.5 Å². The minimum atomic E-state index is 0.569. The Morgan fingerprint density at radius 2 is 1.95 bits per heavy atom. The van der Waals surface area contributed by atoms with Gasteiger partial charge in [-0.3, -0.25) is 0 Å². The van der Waals surface area contributed by atoms with Crippen LogP contribution in [-0.4, -0.2) is 21.6 Å². The molecule has 0 atom stereocenters. The maximum atomic E-state index is 5.16. The van der Waals surface area contributed by atoms with E-state index in [2.05, 4.69) is 44.9 Å². The maximum absolute atomic E-state index is 5.16. The number of hydrogen-bond acceptors (Lipinski definition) is 2. The van der Waals surface area contributed by atoms with Gasteiger partial charge in [0.15, 0.2) is 5.11 Å². The van der Waals surface area contributed by atoms with E-state index >= 15 is 0 Å². The van der Waals surface area contributed by atoms with Crippen molar-refractivity contribution in [3.8, 4) is 11.1 Å². The molecule has 0 saturated carbocycles. The molecule has 3 aromatic rings. The third-order valence-electron chi connectivity index (χ3n) is 3.16. The zero-order valence-corrected chi connectivity index (χ0v) is 12.5. The summed E-state index contributed by atoms with van der Waals surface area (Å²) in [6.07, 6.45) is 0. The van der Waals surface area contributed by atoms with Crippen molar-refractivity contribution in [3.05, 3.63) is 48.5 Å². The predicted octanol–water partition coefficient (Wildman–Crippen LogP) is 3.54. The van der Waals surface area contributed by atoms with Crippen molar-refractivity contribution in [3.63, 3.8) is 0 Å². The number of anilines is 1. The van der Waals surface area contributed by atoms with E-state index in [1.165, 1.54) is 5.56 Å². The minimum absolute atomic E-state index is 0.569. The molecule has 0 amide bonds. The van der Waals surface area contributed by atoms with Gasteiger partial charge in [-0.05, 0) is 42.4 Å². The molecule has 0 bridgehead atoms. The third-order valence-corrected chi connectivity index (χ3v) is 3.40. The van der Waals surface area contributed by atoms with Gasteiger partial charge in [-0.15, -0.1) is 0 Å². The van der Waals surface area contributed by atoms with Crippen molar-refractivity contribution in [2.24, 2.45) is 0 Å². The third kappa shape index (κ3) is 3.03. The molecule has 0 aliphatic carbocycles. The van der Waals surface area contributed by atoms with E-state index in [4.69, 9.17) is 12.2 Å². The van der Waals surface area contributed by atoms with Crippen molar-refractivity contribution in [2.75, 3.05) is 11.9 Å². The summed E-state index contributed by atoms with van der Waals surface area (Å²) in [5, 5.41) is 6.65. The summed E-state index contributed by atoms with van der Waals surface area (Å²) in [6, 6.07) is 16.5. The molecule has 0 radical (unpaired) electrons. The average Bonchev–Trinajstić information content (AvgIpc) is 2.89. The van der Waals surface area contributed by atoms with Gasteiger partial charge in [0, 0.05) is 6.54 Å². The smallest absolute Gasteiger partial charge is 0.207 e. The Labute approximate surface area is 128 Å². The Bertz CT molecular complexity index is 764. The Morgan fingerprint density at radius 3 is 2.71 bits per heavy atom. The van der Waals surface area contributed by atoms with E-state index in [9.17, 15) is 0 Å². The van der Waals surface area contributed by atoms with Crippen LogP contribution >= 0.6 is 12.2 Å². The van der Waals surface area contributed by atoms with Crippen molar-refractivity contribution in [1.29, 1.82) is 0 Å². The molecule has 5 heteroatoms. The number of rotatable bonds is 3. The van der Waals surface area contributed by atoms with E-state index in [-0.39, 0.29) is 0 Å². The highest BCUT2D eigenvalue weighted by Crippen LogP contribution is 2.23. The quantitative estimate of drug-likeness (QED) is 0.647. The first kappa shape index (κ1) is 13.6. The first-order valence-corrected chi connectivity index (χ1v) is 7.27. The molecule has 3 rings (SSSR count). The van der Waals surface area contributed by atoms with Crippen LogP contribution in [0.4, 0.5) is 5.95 Å². The highest BCUT2D eigenvalue weighted by atomic mass is 32.1. The van der Waals surface area contributed by atoms with Crippen LogP contribution in [0, 0.1) is 0 Å².